The van der Waals surface area contributed by atoms with Crippen LogP contribution in [0.5, 0.6) is 0 Å². The molecule has 0 aliphatic carbocycles. The van der Waals surface area contributed by atoms with Crippen molar-refractivity contribution < 1.29 is 4.57 Å². The lowest BCUT2D eigenvalue weighted by Gasteiger charge is -2.45. The molecular weight excluding hydrogens is 315 g/mol. The summed E-state index contributed by atoms with van der Waals surface area (Å²) < 4.78 is 15.9. The van der Waals surface area contributed by atoms with E-state index in [0.29, 0.717) is 0 Å². The number of aryl methyl sites for hydroxylation is 3. The van der Waals surface area contributed by atoms with Gasteiger partial charge in [-0.2, -0.15) is 0 Å². The summed E-state index contributed by atoms with van der Waals surface area (Å²) >= 11 is 0. The largest absolute Gasteiger partial charge is 0.315 e. The molecule has 2 radical (unpaired) electrons. The van der Waals surface area contributed by atoms with Gasteiger partial charge in [-0.05, 0) is 31.9 Å². The Balaban J connectivity index is 2.41. The van der Waals surface area contributed by atoms with Crippen LogP contribution in [0, 0.1) is 27.4 Å². The van der Waals surface area contributed by atoms with Crippen molar-refractivity contribution in [1.29, 1.82) is 0 Å². The summed E-state index contributed by atoms with van der Waals surface area (Å²) in [4.78, 5) is 1.98. The van der Waals surface area contributed by atoms with Crippen LogP contribution in [0.25, 0.3) is 0 Å². The van der Waals surface area contributed by atoms with Crippen molar-refractivity contribution in [3.8, 4) is 0 Å². The number of benzene rings is 1. The highest BCUT2D eigenvalue weighted by atomic mass is 31.2. The lowest BCUT2D eigenvalue weighted by molar-refractivity contribution is 0.467. The first-order chi connectivity index (χ1) is 10.8. The second-order valence-electron chi connectivity index (χ2n) is 8.78. The summed E-state index contributed by atoms with van der Waals surface area (Å²) in [5, 5.41) is -0.675. The molecule has 0 atom stereocenters. The van der Waals surface area contributed by atoms with Crippen molar-refractivity contribution in [1.82, 2.24) is 4.67 Å². The van der Waals surface area contributed by atoms with Crippen LogP contribution in [-0.4, -0.2) is 15.0 Å². The molecule has 0 spiro atoms. The molecule has 1 aromatic rings. The van der Waals surface area contributed by atoms with E-state index in [1.54, 1.807) is 0 Å². The van der Waals surface area contributed by atoms with Gasteiger partial charge in [0.2, 0.25) is 6.67 Å². The molecule has 2 rings (SSSR count). The second kappa shape index (κ2) is 5.95. The van der Waals surface area contributed by atoms with Gasteiger partial charge in [0, 0.05) is 28.4 Å². The smallest absolute Gasteiger partial charge is 0.218 e. The zero-order chi connectivity index (χ0) is 18.5. The lowest BCUT2D eigenvalue weighted by Crippen LogP contribution is -2.36. The molecule has 0 saturated heterocycles. The van der Waals surface area contributed by atoms with Gasteiger partial charge in [0.15, 0.2) is 7.29 Å². The average Bonchev–Trinajstić information content (AvgIpc) is 2.83. The van der Waals surface area contributed by atoms with Gasteiger partial charge in [-0.1, -0.05) is 59.2 Å². The predicted octanol–water partition coefficient (Wildman–Crippen LogP) is 6.08. The van der Waals surface area contributed by atoms with Crippen molar-refractivity contribution in [2.75, 3.05) is 4.90 Å². The number of hydrogen-bond donors (Lipinski definition) is 0. The average molecular weight is 346 g/mol. The molecule has 1 aliphatic heterocycles. The van der Waals surface area contributed by atoms with Gasteiger partial charge in [0.25, 0.3) is 0 Å². The highest BCUT2D eigenvalue weighted by molar-refractivity contribution is 7.64. The van der Waals surface area contributed by atoms with Crippen LogP contribution in [-0.2, 0) is 4.57 Å². The van der Waals surface area contributed by atoms with Crippen molar-refractivity contribution in [3.63, 3.8) is 0 Å². The van der Waals surface area contributed by atoms with E-state index in [2.05, 4.69) is 81.1 Å². The normalized spacial score (nSPS) is 16.2. The fourth-order valence-corrected chi connectivity index (χ4v) is 7.57. The molecular formula is C20H31N2OP. The minimum absolute atomic E-state index is 0.337. The topological polar surface area (TPSA) is 23.6 Å². The van der Waals surface area contributed by atoms with E-state index >= 15 is 0 Å². The minimum Gasteiger partial charge on any atom is -0.315 e. The SMILES string of the molecule is Cc1cc(C)c(N2[C]N(P(=O)(C(C)(C)C)C(C)(C)C)C=C2)c(C)c1. The van der Waals surface area contributed by atoms with E-state index in [1.807, 2.05) is 22.0 Å². The number of anilines is 1. The summed E-state index contributed by atoms with van der Waals surface area (Å²) in [5.41, 5.74) is 4.78. The van der Waals surface area contributed by atoms with Crippen molar-refractivity contribution in [3.05, 3.63) is 47.9 Å². The molecule has 0 amide bonds. The predicted molar refractivity (Wildman–Crippen MR) is 104 cm³/mol. The summed E-state index contributed by atoms with van der Waals surface area (Å²) in [6, 6.07) is 4.35. The Labute approximate surface area is 148 Å². The van der Waals surface area contributed by atoms with Crippen LogP contribution < -0.4 is 4.90 Å². The summed E-state index contributed by atoms with van der Waals surface area (Å²) in [6.07, 6.45) is 3.88. The van der Waals surface area contributed by atoms with Gasteiger partial charge in [-0.15, -0.1) is 0 Å². The van der Waals surface area contributed by atoms with Gasteiger partial charge < -0.3 is 4.90 Å². The molecule has 1 aromatic carbocycles. The van der Waals surface area contributed by atoms with E-state index in [-0.39, 0.29) is 10.3 Å². The maximum absolute atomic E-state index is 14.0. The van der Waals surface area contributed by atoms with E-state index in [1.165, 1.54) is 16.7 Å². The van der Waals surface area contributed by atoms with Crippen LogP contribution in [0.4, 0.5) is 5.69 Å². The Morgan fingerprint density at radius 1 is 0.875 bits per heavy atom. The third-order valence-corrected chi connectivity index (χ3v) is 9.03. The standard InChI is InChI=1S/C20H31N2OP/c1-15-12-16(2)18(17(3)13-15)21-10-11-22(14-21)24(23,19(4,5)6)20(7,8)9/h10-13H,1-9H3. The van der Waals surface area contributed by atoms with Crippen LogP contribution in [0.1, 0.15) is 58.2 Å². The Morgan fingerprint density at radius 3 is 1.75 bits per heavy atom. The fraction of sp³-hybridized carbons (Fsp3) is 0.550. The van der Waals surface area contributed by atoms with Crippen molar-refractivity contribution in [2.24, 2.45) is 0 Å². The molecule has 24 heavy (non-hydrogen) atoms. The van der Waals surface area contributed by atoms with Gasteiger partial charge in [0.05, 0.1) is 0 Å². The van der Waals surface area contributed by atoms with Gasteiger partial charge in [-0.25, -0.2) is 0 Å². The number of nitrogens with zero attached hydrogens (tertiary/aromatic N) is 2. The molecule has 3 nitrogen and oxygen atoms in total. The monoisotopic (exact) mass is 346 g/mol. The molecule has 0 fully saturated rings. The van der Waals surface area contributed by atoms with Crippen LogP contribution in [0.15, 0.2) is 24.5 Å². The number of hydrogen-bond acceptors (Lipinski definition) is 2. The molecule has 0 saturated carbocycles. The maximum Gasteiger partial charge on any atom is 0.218 e. The first kappa shape index (κ1) is 19.1. The zero-order valence-electron chi connectivity index (χ0n) is 16.6. The Bertz CT molecular complexity index is 666. The molecule has 4 heteroatoms. The van der Waals surface area contributed by atoms with E-state index in [0.717, 1.165) is 5.69 Å². The quantitative estimate of drug-likeness (QED) is 0.607. The number of rotatable bonds is 2. The molecule has 0 bridgehead atoms. The van der Waals surface area contributed by atoms with Crippen LogP contribution in [0.3, 0.4) is 0 Å². The van der Waals surface area contributed by atoms with Crippen LogP contribution >= 0.6 is 7.29 Å². The Morgan fingerprint density at radius 2 is 1.33 bits per heavy atom. The van der Waals surface area contributed by atoms with E-state index < -0.39 is 7.29 Å². The Kier molecular flexibility index (Phi) is 4.74. The molecule has 0 unspecified atom stereocenters. The van der Waals surface area contributed by atoms with E-state index in [9.17, 15) is 4.57 Å². The third kappa shape index (κ3) is 3.04. The molecule has 132 valence electrons. The summed E-state index contributed by atoms with van der Waals surface area (Å²) in [5.74, 6) is 0. The summed E-state index contributed by atoms with van der Waals surface area (Å²) in [7, 11) is -2.74. The molecule has 0 N–H and O–H groups in total. The van der Waals surface area contributed by atoms with Crippen molar-refractivity contribution >= 4 is 13.0 Å². The fourth-order valence-electron chi connectivity index (χ4n) is 3.79. The van der Waals surface area contributed by atoms with Gasteiger partial charge >= 0.3 is 0 Å². The highest BCUT2D eigenvalue weighted by Gasteiger charge is 2.51. The second-order valence-corrected chi connectivity index (χ2v) is 13.0. The van der Waals surface area contributed by atoms with Crippen LogP contribution in [0.2, 0.25) is 0 Å². The zero-order valence-corrected chi connectivity index (χ0v) is 17.5. The van der Waals surface area contributed by atoms with Crippen molar-refractivity contribution in [2.45, 2.75) is 72.6 Å². The molecule has 0 aromatic heterocycles. The first-order valence-corrected chi connectivity index (χ1v) is 10.2. The lowest BCUT2D eigenvalue weighted by atomic mass is 10.0. The van der Waals surface area contributed by atoms with Gasteiger partial charge in [0.1, 0.15) is 0 Å². The third-order valence-electron chi connectivity index (χ3n) is 4.57. The first-order valence-electron chi connectivity index (χ1n) is 8.51. The van der Waals surface area contributed by atoms with E-state index in [4.69, 9.17) is 0 Å². The Hall–Kier alpha value is -1.21. The summed E-state index contributed by atoms with van der Waals surface area (Å²) in [6.45, 7) is 22.0. The maximum atomic E-state index is 14.0. The van der Waals surface area contributed by atoms with Gasteiger partial charge in [-0.3, -0.25) is 9.24 Å². The minimum atomic E-state index is -2.74. The molecule has 1 heterocycles. The highest BCUT2D eigenvalue weighted by Crippen LogP contribution is 2.70. The molecule has 1 aliphatic rings.